The molecule has 1 fully saturated rings. The van der Waals surface area contributed by atoms with Crippen LogP contribution in [-0.4, -0.2) is 56.0 Å². The van der Waals surface area contributed by atoms with E-state index in [4.69, 9.17) is 5.11 Å². The van der Waals surface area contributed by atoms with Gasteiger partial charge >= 0.3 is 5.97 Å². The Morgan fingerprint density at radius 2 is 2.27 bits per heavy atom. The first-order valence-electron chi connectivity index (χ1n) is 7.28. The Hall–Kier alpha value is -2.41. The van der Waals surface area contributed by atoms with Gasteiger partial charge in [-0.25, -0.2) is 9.78 Å². The third-order valence-corrected chi connectivity index (χ3v) is 4.46. The van der Waals surface area contributed by atoms with Gasteiger partial charge in [-0.05, 0) is 19.5 Å². The highest BCUT2D eigenvalue weighted by molar-refractivity contribution is 6.10. The van der Waals surface area contributed by atoms with Gasteiger partial charge in [-0.15, -0.1) is 0 Å². The molecule has 1 aromatic rings. The van der Waals surface area contributed by atoms with E-state index in [0.29, 0.717) is 12.0 Å². The summed E-state index contributed by atoms with van der Waals surface area (Å²) in [6, 6.07) is -0.139. The first-order valence-corrected chi connectivity index (χ1v) is 7.28. The number of β-lactam (4-membered cyclic amide) rings is 1. The molecule has 4 rings (SSSR count). The van der Waals surface area contributed by atoms with E-state index in [1.165, 1.54) is 4.90 Å². The minimum absolute atomic E-state index is 0.0953. The van der Waals surface area contributed by atoms with Crippen molar-refractivity contribution in [3.8, 4) is 0 Å². The molecule has 1 aromatic heterocycles. The van der Waals surface area contributed by atoms with Crippen molar-refractivity contribution in [2.45, 2.75) is 25.6 Å². The number of aromatic nitrogens is 2. The molecular weight excluding hydrogens is 284 g/mol. The molecule has 0 spiro atoms. The van der Waals surface area contributed by atoms with Gasteiger partial charge in [0.25, 0.3) is 5.91 Å². The predicted octanol–water partition coefficient (Wildman–Crippen LogP) is 0.295. The molecule has 4 heterocycles. The second kappa shape index (κ2) is 4.54. The lowest BCUT2D eigenvalue weighted by molar-refractivity contribution is -0.142. The number of aliphatic carboxylic acids is 1. The van der Waals surface area contributed by atoms with Gasteiger partial charge in [0.2, 0.25) is 0 Å². The Morgan fingerprint density at radius 3 is 3.05 bits per heavy atom. The predicted molar refractivity (Wildman–Crippen MR) is 77.5 cm³/mol. The number of amides is 1. The highest BCUT2D eigenvalue weighted by atomic mass is 16.4. The molecule has 0 radical (unpaired) electrons. The van der Waals surface area contributed by atoms with E-state index in [0.717, 1.165) is 31.2 Å². The van der Waals surface area contributed by atoms with Crippen molar-refractivity contribution in [1.82, 2.24) is 19.4 Å². The molecule has 7 nitrogen and oxygen atoms in total. The van der Waals surface area contributed by atoms with Crippen molar-refractivity contribution in [2.24, 2.45) is 0 Å². The van der Waals surface area contributed by atoms with Gasteiger partial charge in [-0.2, -0.15) is 0 Å². The van der Waals surface area contributed by atoms with Crippen LogP contribution in [-0.2, 0) is 22.7 Å². The molecule has 1 saturated heterocycles. The number of carbonyl (C=O) groups excluding carboxylic acids is 1. The van der Waals surface area contributed by atoms with E-state index in [9.17, 15) is 9.59 Å². The minimum Gasteiger partial charge on any atom is -0.477 e. The molecule has 3 aliphatic heterocycles. The van der Waals surface area contributed by atoms with Crippen LogP contribution in [0.25, 0.3) is 6.08 Å². The van der Waals surface area contributed by atoms with Crippen molar-refractivity contribution in [3.63, 3.8) is 0 Å². The van der Waals surface area contributed by atoms with Crippen molar-refractivity contribution < 1.29 is 14.7 Å². The van der Waals surface area contributed by atoms with Crippen molar-refractivity contribution in [1.29, 1.82) is 0 Å². The summed E-state index contributed by atoms with van der Waals surface area (Å²) in [5.41, 5.74) is 1.52. The molecule has 114 valence electrons. The Bertz CT molecular complexity index is 746. The molecule has 0 aromatic carbocycles. The summed E-state index contributed by atoms with van der Waals surface area (Å²) in [5, 5.41) is 9.06. The number of carbonyl (C=O) groups is 2. The van der Waals surface area contributed by atoms with E-state index < -0.39 is 5.97 Å². The highest BCUT2D eigenvalue weighted by Gasteiger charge is 2.48. The van der Waals surface area contributed by atoms with Crippen LogP contribution in [0.15, 0.2) is 23.5 Å². The summed E-state index contributed by atoms with van der Waals surface area (Å²) in [6.07, 6.45) is 5.94. The van der Waals surface area contributed by atoms with Gasteiger partial charge in [0.1, 0.15) is 11.5 Å². The maximum atomic E-state index is 12.2. The average molecular weight is 300 g/mol. The largest absolute Gasteiger partial charge is 0.477 e. The summed E-state index contributed by atoms with van der Waals surface area (Å²) in [5.74, 6) is -0.269. The first kappa shape index (κ1) is 13.3. The normalized spacial score (nSPS) is 25.8. The molecule has 1 N–H and O–H groups in total. The quantitative estimate of drug-likeness (QED) is 0.627. The number of rotatable bonds is 2. The fourth-order valence-corrected chi connectivity index (χ4v) is 3.30. The molecule has 1 amide bonds. The van der Waals surface area contributed by atoms with Gasteiger partial charge in [-0.3, -0.25) is 14.6 Å². The van der Waals surface area contributed by atoms with E-state index in [1.807, 2.05) is 6.20 Å². The Labute approximate surface area is 127 Å². The van der Waals surface area contributed by atoms with Gasteiger partial charge < -0.3 is 9.67 Å². The topological polar surface area (TPSA) is 78.7 Å². The van der Waals surface area contributed by atoms with E-state index >= 15 is 0 Å². The molecule has 3 aliphatic rings. The SMILES string of the molecule is CN1CCn2cc(C=C3C(=O)N4C(C(=O)O)=CC[C@H]34)nc2C1. The van der Waals surface area contributed by atoms with Crippen LogP contribution in [0.2, 0.25) is 0 Å². The van der Waals surface area contributed by atoms with Gasteiger partial charge in [-0.1, -0.05) is 6.08 Å². The first-order chi connectivity index (χ1) is 10.5. The maximum Gasteiger partial charge on any atom is 0.352 e. The zero-order chi connectivity index (χ0) is 15.4. The number of carboxylic acid groups (broad SMARTS) is 1. The standard InChI is InChI=1S/C15H16N4O3/c1-17-4-5-18-7-9(16-13(18)8-17)6-10-11-2-3-12(15(21)22)19(11)14(10)20/h3,6-7,11H,2,4-5,8H2,1H3,(H,21,22)/t11-/m1/s1. The number of nitrogens with zero attached hydrogens (tertiary/aromatic N) is 4. The van der Waals surface area contributed by atoms with Crippen LogP contribution in [0, 0.1) is 0 Å². The van der Waals surface area contributed by atoms with E-state index in [-0.39, 0.29) is 17.6 Å². The second-order valence-corrected chi connectivity index (χ2v) is 5.93. The molecule has 0 bridgehead atoms. The average Bonchev–Trinajstić information content (AvgIpc) is 3.05. The zero-order valence-electron chi connectivity index (χ0n) is 12.2. The highest BCUT2D eigenvalue weighted by Crippen LogP contribution is 2.38. The van der Waals surface area contributed by atoms with E-state index in [2.05, 4.69) is 21.5 Å². The summed E-state index contributed by atoms with van der Waals surface area (Å²) in [6.45, 7) is 2.69. The van der Waals surface area contributed by atoms with Crippen molar-refractivity contribution >= 4 is 18.0 Å². The third-order valence-electron chi connectivity index (χ3n) is 4.46. The van der Waals surface area contributed by atoms with Crippen molar-refractivity contribution in [3.05, 3.63) is 35.1 Å². The lowest BCUT2D eigenvalue weighted by Gasteiger charge is -2.38. The fourth-order valence-electron chi connectivity index (χ4n) is 3.30. The lowest BCUT2D eigenvalue weighted by atomic mass is 9.94. The zero-order valence-corrected chi connectivity index (χ0v) is 12.2. The molecule has 1 atom stereocenters. The minimum atomic E-state index is -1.05. The molecule has 7 heteroatoms. The third kappa shape index (κ3) is 1.82. The summed E-state index contributed by atoms with van der Waals surface area (Å²) in [7, 11) is 2.06. The number of imidazole rings is 1. The van der Waals surface area contributed by atoms with Crippen LogP contribution in [0.5, 0.6) is 0 Å². The summed E-state index contributed by atoms with van der Waals surface area (Å²) < 4.78 is 2.11. The van der Waals surface area contributed by atoms with Crippen LogP contribution < -0.4 is 0 Å². The summed E-state index contributed by atoms with van der Waals surface area (Å²) in [4.78, 5) is 31.4. The monoisotopic (exact) mass is 300 g/mol. The van der Waals surface area contributed by atoms with Crippen LogP contribution in [0.4, 0.5) is 0 Å². The number of likely N-dealkylation sites (N-methyl/N-ethyl adjacent to an activating group) is 1. The Morgan fingerprint density at radius 1 is 1.45 bits per heavy atom. The fraction of sp³-hybridized carbons (Fsp3) is 0.400. The van der Waals surface area contributed by atoms with Crippen LogP contribution >= 0.6 is 0 Å². The van der Waals surface area contributed by atoms with Gasteiger partial charge in [0.15, 0.2) is 0 Å². The number of fused-ring (bicyclic) bond motifs is 2. The number of carboxylic acids is 1. The summed E-state index contributed by atoms with van der Waals surface area (Å²) >= 11 is 0. The molecule has 0 aliphatic carbocycles. The smallest absolute Gasteiger partial charge is 0.352 e. The van der Waals surface area contributed by atoms with E-state index in [1.54, 1.807) is 12.2 Å². The second-order valence-electron chi connectivity index (χ2n) is 5.93. The lowest BCUT2D eigenvalue weighted by Crippen LogP contribution is -2.52. The Kier molecular flexibility index (Phi) is 2.74. The Balaban J connectivity index is 1.59. The molecule has 0 saturated carbocycles. The molecule has 0 unspecified atom stereocenters. The van der Waals surface area contributed by atoms with Crippen LogP contribution in [0.3, 0.4) is 0 Å². The van der Waals surface area contributed by atoms with Crippen molar-refractivity contribution in [2.75, 3.05) is 13.6 Å². The molecular formula is C15H16N4O3. The molecule has 22 heavy (non-hydrogen) atoms. The maximum absolute atomic E-state index is 12.2. The number of hydrogen-bond acceptors (Lipinski definition) is 4. The number of hydrogen-bond donors (Lipinski definition) is 1. The van der Waals surface area contributed by atoms with Gasteiger partial charge in [0.05, 0.1) is 18.3 Å². The van der Waals surface area contributed by atoms with Crippen LogP contribution in [0.1, 0.15) is 17.9 Å². The van der Waals surface area contributed by atoms with Gasteiger partial charge in [0, 0.05) is 24.9 Å².